The van der Waals surface area contributed by atoms with Gasteiger partial charge in [-0.15, -0.1) is 11.6 Å². The summed E-state index contributed by atoms with van der Waals surface area (Å²) in [6, 6.07) is 4.97. The van der Waals surface area contributed by atoms with Gasteiger partial charge in [0, 0.05) is 12.6 Å². The number of likely N-dealkylation sites (tertiary alicyclic amines) is 1. The average molecular weight is 310 g/mol. The van der Waals surface area contributed by atoms with E-state index in [-0.39, 0.29) is 17.2 Å². The summed E-state index contributed by atoms with van der Waals surface area (Å²) in [7, 11) is 0. The van der Waals surface area contributed by atoms with E-state index in [4.69, 9.17) is 11.6 Å². The summed E-state index contributed by atoms with van der Waals surface area (Å²) in [5.41, 5.74) is 1.65. The molecule has 3 nitrogen and oxygen atoms in total. The lowest BCUT2D eigenvalue weighted by atomic mass is 10.2. The summed E-state index contributed by atoms with van der Waals surface area (Å²) in [5, 5.41) is -0.193. The highest BCUT2D eigenvalue weighted by atomic mass is 35.5. The molecule has 1 saturated heterocycles. The second-order valence-electron chi connectivity index (χ2n) is 5.95. The van der Waals surface area contributed by atoms with Crippen molar-refractivity contribution in [1.29, 1.82) is 0 Å². The maximum Gasteiger partial charge on any atom is 0.128 e. The van der Waals surface area contributed by atoms with Crippen LogP contribution in [0.2, 0.25) is 0 Å². The van der Waals surface area contributed by atoms with Gasteiger partial charge in [-0.05, 0) is 58.0 Å². The first-order valence-electron chi connectivity index (χ1n) is 7.60. The summed E-state index contributed by atoms with van der Waals surface area (Å²) in [4.78, 5) is 7.05. The lowest BCUT2D eigenvalue weighted by Gasteiger charge is -2.24. The van der Waals surface area contributed by atoms with Crippen molar-refractivity contribution in [3.05, 3.63) is 29.8 Å². The Morgan fingerprint density at radius 1 is 1.29 bits per heavy atom. The number of aromatic nitrogens is 2. The zero-order valence-electron chi connectivity index (χ0n) is 12.5. The predicted octanol–water partition coefficient (Wildman–Crippen LogP) is 4.13. The Labute approximate surface area is 129 Å². The molecule has 0 N–H and O–H groups in total. The molecule has 1 fully saturated rings. The molecule has 3 rings (SSSR count). The van der Waals surface area contributed by atoms with E-state index in [2.05, 4.69) is 21.4 Å². The number of hydrogen-bond donors (Lipinski definition) is 0. The Bertz CT molecular complexity index is 632. The van der Waals surface area contributed by atoms with Crippen LogP contribution in [0, 0.1) is 5.82 Å². The molecule has 1 aliphatic rings. The van der Waals surface area contributed by atoms with E-state index in [9.17, 15) is 4.39 Å². The Morgan fingerprint density at radius 2 is 2.00 bits per heavy atom. The van der Waals surface area contributed by atoms with Gasteiger partial charge < -0.3 is 9.47 Å². The van der Waals surface area contributed by atoms with Crippen molar-refractivity contribution in [3.63, 3.8) is 0 Å². The molecule has 2 atom stereocenters. The van der Waals surface area contributed by atoms with Crippen molar-refractivity contribution in [3.8, 4) is 0 Å². The van der Waals surface area contributed by atoms with Crippen molar-refractivity contribution >= 4 is 22.6 Å². The Kier molecular flexibility index (Phi) is 4.18. The molecule has 1 aliphatic heterocycles. The second kappa shape index (κ2) is 5.93. The molecule has 114 valence electrons. The summed E-state index contributed by atoms with van der Waals surface area (Å²) in [6.45, 7) is 7.33. The molecule has 1 aromatic heterocycles. The van der Waals surface area contributed by atoms with Gasteiger partial charge in [0.25, 0.3) is 0 Å². The maximum absolute atomic E-state index is 13.6. The van der Waals surface area contributed by atoms with E-state index >= 15 is 0 Å². The number of hydrogen-bond acceptors (Lipinski definition) is 2. The smallest absolute Gasteiger partial charge is 0.128 e. The van der Waals surface area contributed by atoms with Crippen molar-refractivity contribution in [1.82, 2.24) is 14.5 Å². The van der Waals surface area contributed by atoms with Crippen molar-refractivity contribution in [2.75, 3.05) is 19.6 Å². The highest BCUT2D eigenvalue weighted by Gasteiger charge is 2.22. The fourth-order valence-corrected chi connectivity index (χ4v) is 3.40. The van der Waals surface area contributed by atoms with Crippen LogP contribution in [0.1, 0.15) is 43.9 Å². The molecule has 1 aromatic carbocycles. The first-order chi connectivity index (χ1) is 10.1. The molecule has 5 heteroatoms. The standard InChI is InChI=1S/C16H21ClFN3/c1-11(10-20-7-3-4-8-20)21-15-9-13(18)5-6-14(15)19-16(21)12(2)17/h5-6,9,11-12H,3-4,7-8,10H2,1-2H3. The number of benzene rings is 1. The lowest BCUT2D eigenvalue weighted by Crippen LogP contribution is -2.28. The Balaban J connectivity index is 2.00. The van der Waals surface area contributed by atoms with Gasteiger partial charge in [-0.3, -0.25) is 0 Å². The molecule has 2 unspecified atom stereocenters. The fourth-order valence-electron chi connectivity index (χ4n) is 3.25. The van der Waals surface area contributed by atoms with Gasteiger partial charge in [0.2, 0.25) is 0 Å². The largest absolute Gasteiger partial charge is 0.323 e. The van der Waals surface area contributed by atoms with Crippen molar-refractivity contribution in [2.45, 2.75) is 38.1 Å². The molecule has 0 saturated carbocycles. The number of nitrogens with zero attached hydrogens (tertiary/aromatic N) is 3. The third kappa shape index (κ3) is 2.92. The van der Waals surface area contributed by atoms with Crippen LogP contribution in [0.15, 0.2) is 18.2 Å². The van der Waals surface area contributed by atoms with Gasteiger partial charge in [-0.1, -0.05) is 0 Å². The van der Waals surface area contributed by atoms with Crippen LogP contribution in [0.5, 0.6) is 0 Å². The minimum atomic E-state index is -0.231. The van der Waals surface area contributed by atoms with Crippen LogP contribution < -0.4 is 0 Å². The third-order valence-electron chi connectivity index (χ3n) is 4.20. The van der Waals surface area contributed by atoms with Crippen molar-refractivity contribution in [2.24, 2.45) is 0 Å². The Morgan fingerprint density at radius 3 is 2.67 bits per heavy atom. The number of fused-ring (bicyclic) bond motifs is 1. The van der Waals surface area contributed by atoms with Crippen LogP contribution >= 0.6 is 11.6 Å². The topological polar surface area (TPSA) is 21.1 Å². The zero-order chi connectivity index (χ0) is 15.0. The van der Waals surface area contributed by atoms with E-state index in [0.717, 1.165) is 36.5 Å². The molecule has 0 spiro atoms. The predicted molar refractivity (Wildman–Crippen MR) is 84.3 cm³/mol. The van der Waals surface area contributed by atoms with Gasteiger partial charge in [0.05, 0.1) is 16.4 Å². The van der Waals surface area contributed by atoms with E-state index in [1.165, 1.54) is 18.9 Å². The highest BCUT2D eigenvalue weighted by Crippen LogP contribution is 2.29. The van der Waals surface area contributed by atoms with Gasteiger partial charge >= 0.3 is 0 Å². The highest BCUT2D eigenvalue weighted by molar-refractivity contribution is 6.20. The number of alkyl halides is 1. The van der Waals surface area contributed by atoms with Gasteiger partial charge in [-0.2, -0.15) is 0 Å². The summed E-state index contributed by atoms with van der Waals surface area (Å²) < 4.78 is 15.7. The van der Waals surface area contributed by atoms with Crippen LogP contribution in [-0.2, 0) is 0 Å². The minimum absolute atomic E-state index is 0.193. The van der Waals surface area contributed by atoms with Crippen LogP contribution in [0.4, 0.5) is 4.39 Å². The molecule has 0 aliphatic carbocycles. The minimum Gasteiger partial charge on any atom is -0.323 e. The molecule has 0 bridgehead atoms. The first-order valence-corrected chi connectivity index (χ1v) is 8.03. The van der Waals surface area contributed by atoms with Crippen molar-refractivity contribution < 1.29 is 4.39 Å². The molecular weight excluding hydrogens is 289 g/mol. The average Bonchev–Trinajstić information content (AvgIpc) is 3.04. The number of rotatable bonds is 4. The molecule has 0 radical (unpaired) electrons. The quantitative estimate of drug-likeness (QED) is 0.792. The monoisotopic (exact) mass is 309 g/mol. The Hall–Kier alpha value is -1.13. The second-order valence-corrected chi connectivity index (χ2v) is 6.60. The van der Waals surface area contributed by atoms with Crippen LogP contribution in [-0.4, -0.2) is 34.1 Å². The maximum atomic E-state index is 13.6. The summed E-state index contributed by atoms with van der Waals surface area (Å²) in [6.07, 6.45) is 2.54. The van der Waals surface area contributed by atoms with E-state index in [0.29, 0.717) is 0 Å². The molecular formula is C16H21ClFN3. The molecule has 21 heavy (non-hydrogen) atoms. The van der Waals surface area contributed by atoms with Gasteiger partial charge in [0.15, 0.2) is 0 Å². The van der Waals surface area contributed by atoms with Crippen LogP contribution in [0.3, 0.4) is 0 Å². The van der Waals surface area contributed by atoms with E-state index in [1.807, 2.05) is 6.92 Å². The molecule has 2 aromatic rings. The normalized spacial score (nSPS) is 19.2. The van der Waals surface area contributed by atoms with Gasteiger partial charge in [-0.25, -0.2) is 9.37 Å². The van der Waals surface area contributed by atoms with Crippen LogP contribution in [0.25, 0.3) is 11.0 Å². The third-order valence-corrected chi connectivity index (χ3v) is 4.39. The fraction of sp³-hybridized carbons (Fsp3) is 0.562. The first kappa shape index (κ1) is 14.8. The summed E-state index contributed by atoms with van der Waals surface area (Å²) >= 11 is 6.29. The molecule has 0 amide bonds. The summed E-state index contributed by atoms with van der Waals surface area (Å²) in [5.74, 6) is 0.592. The van der Waals surface area contributed by atoms with E-state index < -0.39 is 0 Å². The molecule has 2 heterocycles. The SMILES string of the molecule is CC(Cl)c1nc2ccc(F)cc2n1C(C)CN1CCCC1. The number of imidazole rings is 1. The zero-order valence-corrected chi connectivity index (χ0v) is 13.3. The number of halogens is 2. The van der Waals surface area contributed by atoms with E-state index in [1.54, 1.807) is 12.1 Å². The van der Waals surface area contributed by atoms with Gasteiger partial charge in [0.1, 0.15) is 11.6 Å². The lowest BCUT2D eigenvalue weighted by molar-refractivity contribution is 0.287.